The van der Waals surface area contributed by atoms with Crippen LogP contribution in [0.3, 0.4) is 0 Å². The molecule has 1 aliphatic rings. The number of halogens is 2. The van der Waals surface area contributed by atoms with Gasteiger partial charge in [-0.3, -0.25) is 4.79 Å². The SMILES string of the molecule is Cc1ccc(Cl)cc1N=C1NC(=O)/C(=C\c2ccc(Sc3ccc(Cl)cc3)o2)S1. The van der Waals surface area contributed by atoms with Crippen LogP contribution in [-0.4, -0.2) is 11.1 Å². The maximum absolute atomic E-state index is 12.3. The highest BCUT2D eigenvalue weighted by atomic mass is 35.5. The van der Waals surface area contributed by atoms with Gasteiger partial charge in [0.1, 0.15) is 5.76 Å². The Hall–Kier alpha value is -2.12. The second kappa shape index (κ2) is 8.71. The second-order valence-electron chi connectivity index (χ2n) is 6.13. The van der Waals surface area contributed by atoms with Crippen LogP contribution in [0.25, 0.3) is 6.08 Å². The number of hydrogen-bond donors (Lipinski definition) is 1. The van der Waals surface area contributed by atoms with Crippen molar-refractivity contribution in [1.29, 1.82) is 0 Å². The van der Waals surface area contributed by atoms with Gasteiger partial charge >= 0.3 is 0 Å². The van der Waals surface area contributed by atoms with Crippen LogP contribution in [0.1, 0.15) is 11.3 Å². The van der Waals surface area contributed by atoms with Crippen LogP contribution in [0.15, 0.2) is 78.9 Å². The highest BCUT2D eigenvalue weighted by Gasteiger charge is 2.24. The number of nitrogens with zero attached hydrogens (tertiary/aromatic N) is 1. The smallest absolute Gasteiger partial charge is 0.264 e. The van der Waals surface area contributed by atoms with E-state index in [0.717, 1.165) is 21.2 Å². The molecule has 8 heteroatoms. The van der Waals surface area contributed by atoms with Gasteiger partial charge < -0.3 is 9.73 Å². The number of furan rings is 1. The lowest BCUT2D eigenvalue weighted by Crippen LogP contribution is -2.19. The Morgan fingerprint density at radius 2 is 1.83 bits per heavy atom. The molecule has 0 saturated carbocycles. The number of thioether (sulfide) groups is 1. The Bertz CT molecular complexity index is 1140. The number of carbonyl (C=O) groups excluding carboxylic acids is 1. The number of amidine groups is 1. The topological polar surface area (TPSA) is 54.6 Å². The molecule has 1 aliphatic heterocycles. The third-order valence-corrected chi connectivity index (χ3v) is 6.28. The Morgan fingerprint density at radius 1 is 1.07 bits per heavy atom. The maximum atomic E-state index is 12.3. The summed E-state index contributed by atoms with van der Waals surface area (Å²) >= 11 is 14.7. The number of benzene rings is 2. The Labute approximate surface area is 186 Å². The van der Waals surface area contributed by atoms with Gasteiger partial charge in [-0.2, -0.15) is 0 Å². The van der Waals surface area contributed by atoms with E-state index in [0.29, 0.717) is 25.9 Å². The van der Waals surface area contributed by atoms with Gasteiger partial charge in [0.25, 0.3) is 5.91 Å². The molecule has 2 heterocycles. The van der Waals surface area contributed by atoms with Gasteiger partial charge in [0.05, 0.1) is 10.6 Å². The van der Waals surface area contributed by atoms with Gasteiger partial charge in [-0.05, 0) is 72.8 Å². The Morgan fingerprint density at radius 3 is 2.62 bits per heavy atom. The molecule has 2 aromatic carbocycles. The van der Waals surface area contributed by atoms with Crippen LogP contribution in [0.4, 0.5) is 5.69 Å². The third-order valence-electron chi connectivity index (χ3n) is 3.95. The summed E-state index contributed by atoms with van der Waals surface area (Å²) in [6.45, 7) is 1.94. The molecular formula is C21H14Cl2N2O2S2. The van der Waals surface area contributed by atoms with Crippen LogP contribution >= 0.6 is 46.7 Å². The number of rotatable bonds is 4. The van der Waals surface area contributed by atoms with Crippen molar-refractivity contribution in [3.63, 3.8) is 0 Å². The highest BCUT2D eigenvalue weighted by Crippen LogP contribution is 2.33. The molecule has 29 heavy (non-hydrogen) atoms. The standard InChI is InChI=1S/C21H14Cl2N2O2S2/c1-12-2-3-14(23)10-17(12)24-21-25-20(26)18(29-21)11-15-6-9-19(27-15)28-16-7-4-13(22)5-8-16/h2-11H,1H3,(H,24,25,26)/b18-11+. The van der Waals surface area contributed by atoms with Crippen molar-refractivity contribution in [3.8, 4) is 0 Å². The van der Waals surface area contributed by atoms with Gasteiger partial charge in [-0.15, -0.1) is 0 Å². The zero-order valence-corrected chi connectivity index (χ0v) is 18.3. The highest BCUT2D eigenvalue weighted by molar-refractivity contribution is 8.18. The first-order chi connectivity index (χ1) is 14.0. The largest absolute Gasteiger partial charge is 0.450 e. The minimum Gasteiger partial charge on any atom is -0.450 e. The number of aryl methyl sites for hydroxylation is 1. The number of amides is 1. The molecule has 0 bridgehead atoms. The maximum Gasteiger partial charge on any atom is 0.264 e. The summed E-state index contributed by atoms with van der Waals surface area (Å²) in [5, 5.41) is 5.30. The number of aliphatic imine (C=N–C) groups is 1. The zero-order valence-electron chi connectivity index (χ0n) is 15.1. The van der Waals surface area contributed by atoms with Crippen molar-refractivity contribution in [2.24, 2.45) is 4.99 Å². The van der Waals surface area contributed by atoms with E-state index < -0.39 is 0 Å². The normalized spacial score (nSPS) is 16.6. The van der Waals surface area contributed by atoms with E-state index >= 15 is 0 Å². The summed E-state index contributed by atoms with van der Waals surface area (Å²) in [4.78, 5) is 18.3. The molecule has 4 nitrogen and oxygen atoms in total. The molecule has 1 fully saturated rings. The molecule has 1 aromatic heterocycles. The molecular weight excluding hydrogens is 447 g/mol. The predicted octanol–water partition coefficient (Wildman–Crippen LogP) is 6.94. The molecule has 0 atom stereocenters. The number of hydrogen-bond acceptors (Lipinski definition) is 5. The van der Waals surface area contributed by atoms with Gasteiger partial charge in [0.2, 0.25) is 0 Å². The minimum absolute atomic E-state index is 0.211. The van der Waals surface area contributed by atoms with E-state index in [4.69, 9.17) is 27.6 Å². The van der Waals surface area contributed by atoms with E-state index in [1.165, 1.54) is 23.5 Å². The molecule has 146 valence electrons. The van der Waals surface area contributed by atoms with E-state index in [2.05, 4.69) is 10.3 Å². The molecule has 3 aromatic rings. The first-order valence-electron chi connectivity index (χ1n) is 8.55. The van der Waals surface area contributed by atoms with E-state index in [-0.39, 0.29) is 5.91 Å². The minimum atomic E-state index is -0.211. The average Bonchev–Trinajstić information content (AvgIpc) is 3.27. The van der Waals surface area contributed by atoms with Crippen molar-refractivity contribution in [1.82, 2.24) is 5.32 Å². The van der Waals surface area contributed by atoms with Gasteiger partial charge in [0.15, 0.2) is 10.3 Å². The summed E-state index contributed by atoms with van der Waals surface area (Å²) in [5.74, 6) is 0.385. The Kier molecular flexibility index (Phi) is 6.06. The van der Waals surface area contributed by atoms with Crippen LogP contribution in [0.5, 0.6) is 0 Å². The molecule has 4 rings (SSSR count). The molecule has 1 saturated heterocycles. The quantitative estimate of drug-likeness (QED) is 0.428. The molecule has 1 amide bonds. The van der Waals surface area contributed by atoms with Crippen molar-refractivity contribution in [2.75, 3.05) is 0 Å². The summed E-state index contributed by atoms with van der Waals surface area (Å²) in [7, 11) is 0. The molecule has 0 radical (unpaired) electrons. The second-order valence-corrected chi connectivity index (χ2v) is 9.11. The van der Waals surface area contributed by atoms with E-state index in [1.54, 1.807) is 12.1 Å². The summed E-state index contributed by atoms with van der Waals surface area (Å²) in [6.07, 6.45) is 1.71. The number of nitrogens with one attached hydrogen (secondary N) is 1. The van der Waals surface area contributed by atoms with Crippen molar-refractivity contribution >= 4 is 69.6 Å². The summed E-state index contributed by atoms with van der Waals surface area (Å²) in [5.41, 5.74) is 1.70. The summed E-state index contributed by atoms with van der Waals surface area (Å²) < 4.78 is 5.82. The van der Waals surface area contributed by atoms with Crippen LogP contribution in [0.2, 0.25) is 10.0 Å². The van der Waals surface area contributed by atoms with E-state index in [9.17, 15) is 4.79 Å². The third kappa shape index (κ3) is 5.08. The average molecular weight is 461 g/mol. The first kappa shape index (κ1) is 20.2. The van der Waals surface area contributed by atoms with Crippen LogP contribution in [0, 0.1) is 6.92 Å². The van der Waals surface area contributed by atoms with Gasteiger partial charge in [0, 0.05) is 21.0 Å². The van der Waals surface area contributed by atoms with Crippen LogP contribution < -0.4 is 5.32 Å². The lowest BCUT2D eigenvalue weighted by Gasteiger charge is -2.01. The van der Waals surface area contributed by atoms with Gasteiger partial charge in [-0.1, -0.05) is 41.0 Å². The number of carbonyl (C=O) groups is 1. The molecule has 1 N–H and O–H groups in total. The lowest BCUT2D eigenvalue weighted by atomic mass is 10.2. The monoisotopic (exact) mass is 460 g/mol. The van der Waals surface area contributed by atoms with E-state index in [1.807, 2.05) is 55.5 Å². The molecule has 0 unspecified atom stereocenters. The fourth-order valence-corrected chi connectivity index (χ4v) is 4.39. The van der Waals surface area contributed by atoms with Crippen molar-refractivity contribution in [2.45, 2.75) is 16.9 Å². The van der Waals surface area contributed by atoms with Crippen LogP contribution in [-0.2, 0) is 4.79 Å². The Balaban J connectivity index is 1.49. The summed E-state index contributed by atoms with van der Waals surface area (Å²) in [6, 6.07) is 16.7. The fraction of sp³-hybridized carbons (Fsp3) is 0.0476. The fourth-order valence-electron chi connectivity index (χ4n) is 2.51. The first-order valence-corrected chi connectivity index (χ1v) is 10.9. The van der Waals surface area contributed by atoms with Gasteiger partial charge in [-0.25, -0.2) is 4.99 Å². The lowest BCUT2D eigenvalue weighted by molar-refractivity contribution is -0.115. The van der Waals surface area contributed by atoms with Crippen molar-refractivity contribution < 1.29 is 9.21 Å². The molecule has 0 spiro atoms. The van der Waals surface area contributed by atoms with Crippen molar-refractivity contribution in [3.05, 3.63) is 80.9 Å². The zero-order chi connectivity index (χ0) is 20.4. The predicted molar refractivity (Wildman–Crippen MR) is 121 cm³/mol. The molecule has 0 aliphatic carbocycles.